The van der Waals surface area contributed by atoms with E-state index in [2.05, 4.69) is 32.7 Å². The maximum Gasteiger partial charge on any atom is 0.321 e. The molecule has 2 amide bonds. The largest absolute Gasteiger partial charge is 0.337 e. The summed E-state index contributed by atoms with van der Waals surface area (Å²) in [5.41, 5.74) is 0.332. The number of rotatable bonds is 4. The van der Waals surface area contributed by atoms with Crippen molar-refractivity contribution < 1.29 is 4.79 Å². The molecule has 1 saturated carbocycles. The fourth-order valence-electron chi connectivity index (χ4n) is 2.02. The number of carbonyl (C=O) groups excluding carboxylic acids is 1. The highest BCUT2D eigenvalue weighted by Crippen LogP contribution is 2.42. The molecule has 88 valence electrons. The summed E-state index contributed by atoms with van der Waals surface area (Å²) in [7, 11) is 0. The van der Waals surface area contributed by atoms with Gasteiger partial charge in [0.1, 0.15) is 6.33 Å². The molecule has 0 spiro atoms. The van der Waals surface area contributed by atoms with Gasteiger partial charge in [-0.3, -0.25) is 5.32 Å². The van der Waals surface area contributed by atoms with Gasteiger partial charge in [-0.15, -0.1) is 0 Å². The zero-order chi connectivity index (χ0) is 11.4. The van der Waals surface area contributed by atoms with Crippen molar-refractivity contribution in [1.82, 2.24) is 20.5 Å². The molecule has 1 aromatic rings. The van der Waals surface area contributed by atoms with Gasteiger partial charge in [-0.1, -0.05) is 13.3 Å². The molecule has 16 heavy (non-hydrogen) atoms. The molecule has 0 unspecified atom stereocenters. The zero-order valence-electron chi connectivity index (χ0n) is 9.42. The number of aromatic amines is 1. The second kappa shape index (κ2) is 4.51. The predicted octanol–water partition coefficient (Wildman–Crippen LogP) is 1.51. The van der Waals surface area contributed by atoms with Gasteiger partial charge in [0, 0.05) is 6.54 Å². The Morgan fingerprint density at radius 1 is 1.62 bits per heavy atom. The Hall–Kier alpha value is -1.59. The minimum atomic E-state index is -0.225. The van der Waals surface area contributed by atoms with Gasteiger partial charge >= 0.3 is 6.03 Å². The molecular weight excluding hydrogens is 206 g/mol. The number of aromatic nitrogens is 3. The van der Waals surface area contributed by atoms with Crippen LogP contribution in [-0.4, -0.2) is 27.8 Å². The van der Waals surface area contributed by atoms with Crippen LogP contribution in [0.4, 0.5) is 10.7 Å². The molecule has 1 aliphatic rings. The van der Waals surface area contributed by atoms with Gasteiger partial charge in [0.2, 0.25) is 5.95 Å². The molecule has 1 fully saturated rings. The summed E-state index contributed by atoms with van der Waals surface area (Å²) < 4.78 is 0. The Morgan fingerprint density at radius 3 is 2.94 bits per heavy atom. The van der Waals surface area contributed by atoms with Crippen LogP contribution in [0.3, 0.4) is 0 Å². The molecule has 0 radical (unpaired) electrons. The van der Waals surface area contributed by atoms with E-state index in [0.717, 1.165) is 13.0 Å². The number of carbonyl (C=O) groups is 1. The first-order valence-corrected chi connectivity index (χ1v) is 5.64. The molecule has 0 bridgehead atoms. The van der Waals surface area contributed by atoms with Crippen molar-refractivity contribution >= 4 is 12.0 Å². The molecule has 0 atom stereocenters. The highest BCUT2D eigenvalue weighted by atomic mass is 16.2. The van der Waals surface area contributed by atoms with Crippen LogP contribution in [0.25, 0.3) is 0 Å². The Kier molecular flexibility index (Phi) is 3.07. The van der Waals surface area contributed by atoms with Crippen molar-refractivity contribution in [1.29, 1.82) is 0 Å². The van der Waals surface area contributed by atoms with E-state index >= 15 is 0 Å². The van der Waals surface area contributed by atoms with Gasteiger partial charge in [-0.2, -0.15) is 10.1 Å². The van der Waals surface area contributed by atoms with E-state index in [0.29, 0.717) is 11.4 Å². The molecular formula is C10H17N5O. The number of nitrogens with one attached hydrogen (secondary N) is 3. The standard InChI is InChI=1S/C10H17N5O/c1-2-10(4-3-5-10)6-11-9(16)14-8-12-7-13-15-8/h7H,2-6H2,1H3,(H3,11,12,13,14,15,16). The molecule has 1 aromatic heterocycles. The van der Waals surface area contributed by atoms with Crippen LogP contribution in [0.1, 0.15) is 32.6 Å². The van der Waals surface area contributed by atoms with Crippen LogP contribution in [0.5, 0.6) is 0 Å². The maximum absolute atomic E-state index is 11.5. The summed E-state index contributed by atoms with van der Waals surface area (Å²) in [6.45, 7) is 2.92. The third-order valence-electron chi connectivity index (χ3n) is 3.44. The third kappa shape index (κ3) is 2.32. The Morgan fingerprint density at radius 2 is 2.44 bits per heavy atom. The number of urea groups is 1. The van der Waals surface area contributed by atoms with E-state index in [4.69, 9.17) is 0 Å². The van der Waals surface area contributed by atoms with E-state index in [1.54, 1.807) is 0 Å². The lowest BCUT2D eigenvalue weighted by atomic mass is 9.67. The molecule has 6 nitrogen and oxygen atoms in total. The van der Waals surface area contributed by atoms with Gasteiger partial charge in [0.05, 0.1) is 0 Å². The fraction of sp³-hybridized carbons (Fsp3) is 0.700. The minimum absolute atomic E-state index is 0.225. The number of anilines is 1. The summed E-state index contributed by atoms with van der Waals surface area (Å²) in [5, 5.41) is 11.7. The topological polar surface area (TPSA) is 82.7 Å². The number of hydrogen-bond donors (Lipinski definition) is 3. The summed E-state index contributed by atoms with van der Waals surface area (Å²) in [5.74, 6) is 0.372. The van der Waals surface area contributed by atoms with E-state index < -0.39 is 0 Å². The van der Waals surface area contributed by atoms with Crippen molar-refractivity contribution in [2.45, 2.75) is 32.6 Å². The Labute approximate surface area is 94.2 Å². The van der Waals surface area contributed by atoms with E-state index in [9.17, 15) is 4.79 Å². The quantitative estimate of drug-likeness (QED) is 0.723. The van der Waals surface area contributed by atoms with Crippen LogP contribution < -0.4 is 10.6 Å². The van der Waals surface area contributed by atoms with Gasteiger partial charge < -0.3 is 5.32 Å². The average molecular weight is 223 g/mol. The van der Waals surface area contributed by atoms with Crippen molar-refractivity contribution in [2.75, 3.05) is 11.9 Å². The predicted molar refractivity (Wildman–Crippen MR) is 60.0 cm³/mol. The lowest BCUT2D eigenvalue weighted by Gasteiger charge is -2.41. The highest BCUT2D eigenvalue weighted by Gasteiger charge is 2.35. The molecule has 0 aliphatic heterocycles. The summed E-state index contributed by atoms with van der Waals surface area (Å²) in [6, 6.07) is -0.225. The fourth-order valence-corrected chi connectivity index (χ4v) is 2.02. The van der Waals surface area contributed by atoms with Crippen LogP contribution >= 0.6 is 0 Å². The summed E-state index contributed by atoms with van der Waals surface area (Å²) in [6.07, 6.45) is 6.18. The molecule has 3 N–H and O–H groups in total. The average Bonchev–Trinajstić information content (AvgIpc) is 2.69. The monoisotopic (exact) mass is 223 g/mol. The van der Waals surface area contributed by atoms with Crippen LogP contribution in [0.2, 0.25) is 0 Å². The molecule has 6 heteroatoms. The number of nitrogens with zero attached hydrogens (tertiary/aromatic N) is 2. The smallest absolute Gasteiger partial charge is 0.321 e. The van der Waals surface area contributed by atoms with Crippen molar-refractivity contribution in [3.63, 3.8) is 0 Å². The van der Waals surface area contributed by atoms with Gasteiger partial charge in [0.25, 0.3) is 0 Å². The van der Waals surface area contributed by atoms with Crippen molar-refractivity contribution in [2.24, 2.45) is 5.41 Å². The molecule has 1 aliphatic carbocycles. The lowest BCUT2D eigenvalue weighted by Crippen LogP contribution is -2.43. The molecule has 0 saturated heterocycles. The first-order chi connectivity index (χ1) is 7.74. The lowest BCUT2D eigenvalue weighted by molar-refractivity contribution is 0.127. The molecule has 0 aromatic carbocycles. The van der Waals surface area contributed by atoms with Crippen molar-refractivity contribution in [3.05, 3.63) is 6.33 Å². The zero-order valence-corrected chi connectivity index (χ0v) is 9.42. The van der Waals surface area contributed by atoms with Gasteiger partial charge in [-0.05, 0) is 24.7 Å². The second-order valence-electron chi connectivity index (χ2n) is 4.35. The minimum Gasteiger partial charge on any atom is -0.337 e. The van der Waals surface area contributed by atoms with Crippen LogP contribution in [0.15, 0.2) is 6.33 Å². The number of H-pyrrole nitrogens is 1. The van der Waals surface area contributed by atoms with Gasteiger partial charge in [0.15, 0.2) is 0 Å². The van der Waals surface area contributed by atoms with E-state index in [1.807, 2.05) is 0 Å². The SMILES string of the molecule is CCC1(CNC(=O)Nc2ncn[nH]2)CCC1. The first kappa shape index (κ1) is 10.9. The van der Waals surface area contributed by atoms with Crippen LogP contribution in [0, 0.1) is 5.41 Å². The number of hydrogen-bond acceptors (Lipinski definition) is 3. The molecule has 1 heterocycles. The van der Waals surface area contributed by atoms with Crippen molar-refractivity contribution in [3.8, 4) is 0 Å². The van der Waals surface area contributed by atoms with Gasteiger partial charge in [-0.25, -0.2) is 9.89 Å². The third-order valence-corrected chi connectivity index (χ3v) is 3.44. The maximum atomic E-state index is 11.5. The highest BCUT2D eigenvalue weighted by molar-refractivity contribution is 5.87. The normalized spacial score (nSPS) is 17.6. The Balaban J connectivity index is 1.75. The second-order valence-corrected chi connectivity index (χ2v) is 4.35. The summed E-state index contributed by atoms with van der Waals surface area (Å²) in [4.78, 5) is 15.3. The van der Waals surface area contributed by atoms with Crippen LogP contribution in [-0.2, 0) is 0 Å². The van der Waals surface area contributed by atoms with E-state index in [-0.39, 0.29) is 6.03 Å². The Bertz CT molecular complexity index is 339. The summed E-state index contributed by atoms with van der Waals surface area (Å²) >= 11 is 0. The van der Waals surface area contributed by atoms with E-state index in [1.165, 1.54) is 25.6 Å². The number of amides is 2. The first-order valence-electron chi connectivity index (χ1n) is 5.64. The molecule has 2 rings (SSSR count).